The molecule has 1 aromatic rings. The molecule has 0 nitrogen and oxygen atoms in total. The van der Waals surface area contributed by atoms with Gasteiger partial charge in [-0.2, -0.15) is 0 Å². The predicted octanol–water partition coefficient (Wildman–Crippen LogP) is 5.43. The molecule has 1 rings (SSSR count). The van der Waals surface area contributed by atoms with Crippen LogP contribution >= 0.6 is 0 Å². The molecule has 0 aliphatic rings. The van der Waals surface area contributed by atoms with E-state index in [4.69, 9.17) is 0 Å². The van der Waals surface area contributed by atoms with Gasteiger partial charge in [0, 0.05) is 0 Å². The van der Waals surface area contributed by atoms with E-state index in [1.165, 1.54) is 52.6 Å². The lowest BCUT2D eigenvalue weighted by atomic mass is 9.89. The Kier molecular flexibility index (Phi) is 4.99. The molecule has 0 aliphatic carbocycles. The fourth-order valence-corrected chi connectivity index (χ4v) is 2.30. The number of hydrogen-bond acceptors (Lipinski definition) is 0. The average Bonchev–Trinajstić information content (AvgIpc) is 2.33. The van der Waals surface area contributed by atoms with Gasteiger partial charge in [0.05, 0.1) is 0 Å². The van der Waals surface area contributed by atoms with Gasteiger partial charge >= 0.3 is 0 Å². The summed E-state index contributed by atoms with van der Waals surface area (Å²) in [5, 5.41) is 0. The van der Waals surface area contributed by atoms with Crippen LogP contribution in [0.3, 0.4) is 0 Å². The van der Waals surface area contributed by atoms with E-state index in [0.717, 1.165) is 0 Å². The minimum Gasteiger partial charge on any atom is -0.0839 e. The Morgan fingerprint density at radius 3 is 1.71 bits per heavy atom. The summed E-state index contributed by atoms with van der Waals surface area (Å²) in [6, 6.07) is 0. The quantitative estimate of drug-likeness (QED) is 0.605. The Bertz CT molecular complexity index is 393. The lowest BCUT2D eigenvalue weighted by molar-refractivity contribution is 0.816. The van der Waals surface area contributed by atoms with Crippen molar-refractivity contribution in [3.63, 3.8) is 0 Å². The SMILES string of the molecule is CCCCC=Cc1c(C)c(C)c(C)c(C)c1C. The maximum atomic E-state index is 2.33. The van der Waals surface area contributed by atoms with Gasteiger partial charge in [-0.25, -0.2) is 0 Å². The first-order chi connectivity index (χ1) is 8.00. The molecule has 0 fully saturated rings. The maximum absolute atomic E-state index is 2.33. The molecule has 0 saturated heterocycles. The monoisotopic (exact) mass is 230 g/mol. The maximum Gasteiger partial charge on any atom is -0.0196 e. The highest BCUT2D eigenvalue weighted by Gasteiger charge is 2.09. The molecule has 17 heavy (non-hydrogen) atoms. The van der Waals surface area contributed by atoms with Crippen molar-refractivity contribution >= 4 is 6.08 Å². The zero-order valence-electron chi connectivity index (χ0n) is 12.3. The van der Waals surface area contributed by atoms with E-state index in [1.807, 2.05) is 0 Å². The molecule has 0 saturated carbocycles. The van der Waals surface area contributed by atoms with Crippen LogP contribution in [0.1, 0.15) is 59.6 Å². The van der Waals surface area contributed by atoms with E-state index in [1.54, 1.807) is 0 Å². The molecule has 0 heteroatoms. The molecule has 0 N–H and O–H groups in total. The van der Waals surface area contributed by atoms with Crippen molar-refractivity contribution in [2.45, 2.75) is 60.8 Å². The van der Waals surface area contributed by atoms with Gasteiger partial charge in [0.1, 0.15) is 0 Å². The summed E-state index contributed by atoms with van der Waals surface area (Å²) in [6.45, 7) is 13.4. The summed E-state index contributed by atoms with van der Waals surface area (Å²) in [5.41, 5.74) is 8.66. The van der Waals surface area contributed by atoms with Crippen LogP contribution in [-0.4, -0.2) is 0 Å². The van der Waals surface area contributed by atoms with Crippen LogP contribution in [0.2, 0.25) is 0 Å². The highest BCUT2D eigenvalue weighted by molar-refractivity contribution is 5.63. The topological polar surface area (TPSA) is 0 Å². The summed E-state index contributed by atoms with van der Waals surface area (Å²) in [4.78, 5) is 0. The Balaban J connectivity index is 3.12. The van der Waals surface area contributed by atoms with Crippen molar-refractivity contribution in [1.29, 1.82) is 0 Å². The van der Waals surface area contributed by atoms with Crippen molar-refractivity contribution in [2.24, 2.45) is 0 Å². The van der Waals surface area contributed by atoms with E-state index in [0.29, 0.717) is 0 Å². The summed E-state index contributed by atoms with van der Waals surface area (Å²) >= 11 is 0. The van der Waals surface area contributed by atoms with E-state index in [2.05, 4.69) is 53.7 Å². The van der Waals surface area contributed by atoms with Crippen molar-refractivity contribution < 1.29 is 0 Å². The molecule has 1 aromatic carbocycles. The van der Waals surface area contributed by atoms with E-state index in [9.17, 15) is 0 Å². The molecule has 0 amide bonds. The second-order valence-corrected chi connectivity index (χ2v) is 5.08. The van der Waals surface area contributed by atoms with Crippen LogP contribution in [0.15, 0.2) is 6.08 Å². The largest absolute Gasteiger partial charge is 0.0839 e. The van der Waals surface area contributed by atoms with Crippen molar-refractivity contribution in [3.05, 3.63) is 39.5 Å². The highest BCUT2D eigenvalue weighted by Crippen LogP contribution is 2.27. The summed E-state index contributed by atoms with van der Waals surface area (Å²) in [6.07, 6.45) is 8.40. The molecule has 0 aromatic heterocycles. The first-order valence-electron chi connectivity index (χ1n) is 6.74. The fourth-order valence-electron chi connectivity index (χ4n) is 2.30. The minimum absolute atomic E-state index is 1.20. The molecule has 0 radical (unpaired) electrons. The first kappa shape index (κ1) is 14.0. The van der Waals surface area contributed by atoms with Crippen LogP contribution in [0.5, 0.6) is 0 Å². The molecule has 0 heterocycles. The third kappa shape index (κ3) is 3.00. The summed E-state index contributed by atoms with van der Waals surface area (Å²) in [5.74, 6) is 0. The second-order valence-electron chi connectivity index (χ2n) is 5.08. The second kappa shape index (κ2) is 6.05. The van der Waals surface area contributed by atoms with E-state index >= 15 is 0 Å². The third-order valence-corrected chi connectivity index (χ3v) is 4.07. The molecule has 0 unspecified atom stereocenters. The Hall–Kier alpha value is -1.04. The fraction of sp³-hybridized carbons (Fsp3) is 0.529. The van der Waals surface area contributed by atoms with E-state index < -0.39 is 0 Å². The van der Waals surface area contributed by atoms with Gasteiger partial charge in [-0.1, -0.05) is 31.9 Å². The van der Waals surface area contributed by atoms with Gasteiger partial charge in [0.25, 0.3) is 0 Å². The lowest BCUT2D eigenvalue weighted by Gasteiger charge is -2.16. The van der Waals surface area contributed by atoms with Crippen molar-refractivity contribution in [1.82, 2.24) is 0 Å². The van der Waals surface area contributed by atoms with Crippen LogP contribution in [0, 0.1) is 34.6 Å². The highest BCUT2D eigenvalue weighted by atomic mass is 14.1. The normalized spacial score (nSPS) is 11.4. The molecule has 0 spiro atoms. The molecular weight excluding hydrogens is 204 g/mol. The molecule has 94 valence electrons. The summed E-state index contributed by atoms with van der Waals surface area (Å²) in [7, 11) is 0. The van der Waals surface area contributed by atoms with Gasteiger partial charge in [-0.3, -0.25) is 0 Å². The molecular formula is C17H26. The smallest absolute Gasteiger partial charge is 0.0196 e. The Morgan fingerprint density at radius 2 is 1.24 bits per heavy atom. The number of unbranched alkanes of at least 4 members (excludes halogenated alkanes) is 2. The number of rotatable bonds is 4. The summed E-state index contributed by atoms with van der Waals surface area (Å²) < 4.78 is 0. The van der Waals surface area contributed by atoms with Crippen molar-refractivity contribution in [3.8, 4) is 0 Å². The number of hydrogen-bond donors (Lipinski definition) is 0. The molecule has 0 aliphatic heterocycles. The average molecular weight is 230 g/mol. The third-order valence-electron chi connectivity index (χ3n) is 4.07. The lowest BCUT2D eigenvalue weighted by Crippen LogP contribution is -1.99. The van der Waals surface area contributed by atoms with Gasteiger partial charge in [0.2, 0.25) is 0 Å². The zero-order chi connectivity index (χ0) is 13.0. The van der Waals surface area contributed by atoms with Crippen LogP contribution in [0.4, 0.5) is 0 Å². The van der Waals surface area contributed by atoms with Gasteiger partial charge in [-0.05, 0) is 74.4 Å². The first-order valence-corrected chi connectivity index (χ1v) is 6.74. The number of benzene rings is 1. The number of allylic oxidation sites excluding steroid dienone is 1. The van der Waals surface area contributed by atoms with Crippen molar-refractivity contribution in [2.75, 3.05) is 0 Å². The Labute approximate surface area is 107 Å². The van der Waals surface area contributed by atoms with Crippen LogP contribution in [-0.2, 0) is 0 Å². The molecule has 0 atom stereocenters. The predicted molar refractivity (Wildman–Crippen MR) is 78.7 cm³/mol. The van der Waals surface area contributed by atoms with E-state index in [-0.39, 0.29) is 0 Å². The van der Waals surface area contributed by atoms with Crippen LogP contribution in [0.25, 0.3) is 6.08 Å². The van der Waals surface area contributed by atoms with Gasteiger partial charge < -0.3 is 0 Å². The van der Waals surface area contributed by atoms with Gasteiger partial charge in [-0.15, -0.1) is 0 Å². The standard InChI is InChI=1S/C17H26/c1-7-8-9-10-11-17-15(5)13(3)12(2)14(4)16(17)6/h10-11H,7-9H2,1-6H3. The zero-order valence-corrected chi connectivity index (χ0v) is 12.3. The molecule has 0 bridgehead atoms. The minimum atomic E-state index is 1.20. The van der Waals surface area contributed by atoms with Crippen LogP contribution < -0.4 is 0 Å². The Morgan fingerprint density at radius 1 is 0.765 bits per heavy atom. The van der Waals surface area contributed by atoms with Gasteiger partial charge in [0.15, 0.2) is 0 Å².